The van der Waals surface area contributed by atoms with Crippen LogP contribution in [0.3, 0.4) is 0 Å². The maximum Gasteiger partial charge on any atom is 0.277 e. The van der Waals surface area contributed by atoms with E-state index in [4.69, 9.17) is 5.41 Å². The number of pyridine rings is 1. The van der Waals surface area contributed by atoms with Crippen molar-refractivity contribution in [2.75, 3.05) is 18.1 Å². The first kappa shape index (κ1) is 21.5. The molecule has 1 atom stereocenters. The summed E-state index contributed by atoms with van der Waals surface area (Å²) in [7, 11) is -2.84. The van der Waals surface area contributed by atoms with Gasteiger partial charge in [0.2, 0.25) is 16.0 Å². The quantitative estimate of drug-likeness (QED) is 0.625. The van der Waals surface area contributed by atoms with Crippen LogP contribution >= 0.6 is 0 Å². The van der Waals surface area contributed by atoms with Crippen molar-refractivity contribution in [1.82, 2.24) is 14.6 Å². The molecular weight excluding hydrogens is 430 g/mol. The van der Waals surface area contributed by atoms with E-state index in [0.29, 0.717) is 22.6 Å². The van der Waals surface area contributed by atoms with Gasteiger partial charge in [-0.3, -0.25) is 10.2 Å². The van der Waals surface area contributed by atoms with Gasteiger partial charge in [-0.25, -0.2) is 35.3 Å². The van der Waals surface area contributed by atoms with Crippen molar-refractivity contribution in [2.45, 2.75) is 12.5 Å². The number of benzene rings is 1. The van der Waals surface area contributed by atoms with Crippen LogP contribution in [0.1, 0.15) is 23.0 Å². The van der Waals surface area contributed by atoms with Gasteiger partial charge in [0, 0.05) is 24.7 Å². The summed E-state index contributed by atoms with van der Waals surface area (Å²) in [5.41, 5.74) is -3.44. The minimum absolute atomic E-state index is 0.354. The van der Waals surface area contributed by atoms with Crippen molar-refractivity contribution >= 4 is 27.6 Å². The number of hydrogen-bond acceptors (Lipinski definition) is 5. The number of anilines is 1. The van der Waals surface area contributed by atoms with Crippen LogP contribution < -0.4 is 10.6 Å². The number of carbonyl (C=O) groups is 1. The smallest absolute Gasteiger partial charge is 0.277 e. The number of aromatic nitrogens is 1. The van der Waals surface area contributed by atoms with Gasteiger partial charge in [-0.15, -0.1) is 0 Å². The van der Waals surface area contributed by atoms with E-state index in [1.54, 1.807) is 0 Å². The zero-order valence-corrected chi connectivity index (χ0v) is 16.4. The number of nitrogens with one attached hydrogen (secondary N) is 3. The zero-order valence-electron chi connectivity index (χ0n) is 15.6. The second-order valence-electron chi connectivity index (χ2n) is 6.78. The van der Waals surface area contributed by atoms with Gasteiger partial charge in [-0.1, -0.05) is 0 Å². The normalized spacial score (nSPS) is 20.6. The first-order chi connectivity index (χ1) is 13.8. The minimum Gasteiger partial charge on any atom is -0.345 e. The second kappa shape index (κ2) is 7.23. The van der Waals surface area contributed by atoms with E-state index in [2.05, 4.69) is 10.3 Å². The molecule has 1 fully saturated rings. The van der Waals surface area contributed by atoms with Gasteiger partial charge < -0.3 is 10.6 Å². The van der Waals surface area contributed by atoms with Gasteiger partial charge in [0.05, 0.1) is 23.2 Å². The van der Waals surface area contributed by atoms with Crippen LogP contribution in [0.5, 0.6) is 0 Å². The molecule has 0 unspecified atom stereocenters. The summed E-state index contributed by atoms with van der Waals surface area (Å²) in [4.78, 5) is 15.5. The SMILES string of the molecule is CN1C(=N)N[C@](C)(c2cc(NC(=O)c3ncc(F)cc3F)c(F)cc2F)CS1(=O)=O. The summed E-state index contributed by atoms with van der Waals surface area (Å²) in [6.07, 6.45) is 0.588. The molecule has 0 bridgehead atoms. The van der Waals surface area contributed by atoms with Crippen molar-refractivity contribution < 1.29 is 30.8 Å². The second-order valence-corrected chi connectivity index (χ2v) is 8.78. The Morgan fingerprint density at radius 1 is 1.20 bits per heavy atom. The molecule has 1 amide bonds. The summed E-state index contributed by atoms with van der Waals surface area (Å²) in [5.74, 6) is -7.09. The lowest BCUT2D eigenvalue weighted by molar-refractivity contribution is 0.101. The van der Waals surface area contributed by atoms with Crippen molar-refractivity contribution in [2.24, 2.45) is 0 Å². The first-order valence-electron chi connectivity index (χ1n) is 8.29. The maximum atomic E-state index is 14.5. The number of carbonyl (C=O) groups excluding carboxylic acids is 1. The molecule has 1 aliphatic rings. The van der Waals surface area contributed by atoms with Crippen molar-refractivity contribution in [3.8, 4) is 0 Å². The van der Waals surface area contributed by atoms with Gasteiger partial charge in [-0.2, -0.15) is 0 Å². The van der Waals surface area contributed by atoms with Crippen molar-refractivity contribution in [3.63, 3.8) is 0 Å². The highest BCUT2D eigenvalue weighted by atomic mass is 32.2. The number of rotatable bonds is 3. The Morgan fingerprint density at radius 3 is 2.47 bits per heavy atom. The Labute approximate surface area is 168 Å². The average Bonchev–Trinajstić information content (AvgIpc) is 2.61. The van der Waals surface area contributed by atoms with Gasteiger partial charge in [0.15, 0.2) is 11.5 Å². The third kappa shape index (κ3) is 3.79. The molecule has 8 nitrogen and oxygen atoms in total. The molecule has 0 saturated carbocycles. The lowest BCUT2D eigenvalue weighted by Gasteiger charge is -2.40. The highest BCUT2D eigenvalue weighted by Crippen LogP contribution is 2.32. The summed E-state index contributed by atoms with van der Waals surface area (Å²) in [5, 5.41) is 12.3. The van der Waals surface area contributed by atoms with Crippen LogP contribution in [-0.2, 0) is 15.6 Å². The molecule has 1 saturated heterocycles. The van der Waals surface area contributed by atoms with Gasteiger partial charge >= 0.3 is 0 Å². The number of halogens is 4. The summed E-state index contributed by atoms with van der Waals surface area (Å²) in [6, 6.07) is 1.67. The highest BCUT2D eigenvalue weighted by Gasteiger charge is 2.43. The number of sulfonamides is 1. The fraction of sp³-hybridized carbons (Fsp3) is 0.235. The van der Waals surface area contributed by atoms with Crippen molar-refractivity contribution in [3.05, 3.63) is 58.9 Å². The van der Waals surface area contributed by atoms with E-state index in [9.17, 15) is 30.8 Å². The van der Waals surface area contributed by atoms with Crippen LogP contribution in [0.15, 0.2) is 24.4 Å². The Balaban J connectivity index is 2.00. The molecule has 13 heteroatoms. The predicted molar refractivity (Wildman–Crippen MR) is 98.2 cm³/mol. The third-order valence-corrected chi connectivity index (χ3v) is 6.48. The molecule has 2 heterocycles. The van der Waals surface area contributed by atoms with E-state index in [1.807, 2.05) is 5.32 Å². The van der Waals surface area contributed by atoms with Gasteiger partial charge in [0.1, 0.15) is 17.5 Å². The monoisotopic (exact) mass is 445 g/mol. The molecule has 0 aliphatic carbocycles. The molecular formula is C17H15F4N5O3S. The number of hydrogen-bond donors (Lipinski definition) is 3. The van der Waals surface area contributed by atoms with E-state index < -0.39 is 67.8 Å². The van der Waals surface area contributed by atoms with E-state index >= 15 is 0 Å². The Hall–Kier alpha value is -3.22. The lowest BCUT2D eigenvalue weighted by Crippen LogP contribution is -2.61. The molecule has 0 spiro atoms. The minimum atomic E-state index is -3.98. The summed E-state index contributed by atoms with van der Waals surface area (Å²) < 4.78 is 80.7. The van der Waals surface area contributed by atoms with Crippen molar-refractivity contribution in [1.29, 1.82) is 5.41 Å². The van der Waals surface area contributed by atoms with E-state index in [0.717, 1.165) is 13.1 Å². The van der Waals surface area contributed by atoms with Crippen LogP contribution in [0.4, 0.5) is 23.2 Å². The van der Waals surface area contributed by atoms with Crippen LogP contribution in [-0.4, -0.2) is 42.4 Å². The molecule has 160 valence electrons. The van der Waals surface area contributed by atoms with Gasteiger partial charge in [0.25, 0.3) is 5.91 Å². The zero-order chi connectivity index (χ0) is 22.4. The average molecular weight is 445 g/mol. The van der Waals surface area contributed by atoms with E-state index in [1.165, 1.54) is 6.92 Å². The fourth-order valence-corrected chi connectivity index (χ4v) is 4.43. The van der Waals surface area contributed by atoms with E-state index in [-0.39, 0.29) is 5.56 Å². The fourth-order valence-electron chi connectivity index (χ4n) is 2.95. The highest BCUT2D eigenvalue weighted by molar-refractivity contribution is 7.89. The molecule has 3 rings (SSSR count). The predicted octanol–water partition coefficient (Wildman–Crippen LogP) is 1.91. The standard InChI is InChI=1S/C17H15F4N5O3S/c1-17(7-30(28,29)26(2)16(22)25-17)9-4-13(11(20)5-10(9)19)24-15(27)14-12(21)3-8(18)6-23-14/h3-6H,7H2,1-2H3,(H2,22,25)(H,24,27)/t17-/m0/s1. The summed E-state index contributed by atoms with van der Waals surface area (Å²) in [6.45, 7) is 1.29. The molecule has 2 aromatic rings. The van der Waals surface area contributed by atoms with Gasteiger partial charge in [-0.05, 0) is 13.0 Å². The molecule has 0 radical (unpaired) electrons. The largest absolute Gasteiger partial charge is 0.345 e. The molecule has 1 aromatic heterocycles. The molecule has 1 aromatic carbocycles. The lowest BCUT2D eigenvalue weighted by atomic mass is 9.92. The molecule has 1 aliphatic heterocycles. The molecule has 3 N–H and O–H groups in total. The Morgan fingerprint density at radius 2 is 1.87 bits per heavy atom. The summed E-state index contributed by atoms with van der Waals surface area (Å²) >= 11 is 0. The Bertz CT molecular complexity index is 1170. The topological polar surface area (TPSA) is 115 Å². The number of amides is 1. The Kier molecular flexibility index (Phi) is 5.18. The number of guanidine groups is 1. The van der Waals surface area contributed by atoms with Crippen LogP contribution in [0.25, 0.3) is 0 Å². The number of nitrogens with zero attached hydrogens (tertiary/aromatic N) is 2. The first-order valence-corrected chi connectivity index (χ1v) is 9.90. The molecule has 30 heavy (non-hydrogen) atoms. The van der Waals surface area contributed by atoms with Crippen LogP contribution in [0.2, 0.25) is 0 Å². The maximum absolute atomic E-state index is 14.5. The third-order valence-electron chi connectivity index (χ3n) is 4.52. The van der Waals surface area contributed by atoms with Crippen LogP contribution in [0, 0.1) is 28.7 Å².